The lowest BCUT2D eigenvalue weighted by Gasteiger charge is -2.33. The molecule has 1 aromatic heterocycles. The molecule has 2 N–H and O–H groups in total. The maximum absolute atomic E-state index is 12.6. The van der Waals surface area contributed by atoms with E-state index in [2.05, 4.69) is 29.4 Å². The summed E-state index contributed by atoms with van der Waals surface area (Å²) < 4.78 is 0. The van der Waals surface area contributed by atoms with Crippen LogP contribution in [0.15, 0.2) is 0 Å². The molecule has 112 valence electrons. The number of carbonyl (C=O) groups is 1. The van der Waals surface area contributed by atoms with Gasteiger partial charge in [-0.25, -0.2) is 0 Å². The van der Waals surface area contributed by atoms with Gasteiger partial charge in [0, 0.05) is 24.8 Å². The number of carbonyl (C=O) groups excluding carboxylic acids is 1. The van der Waals surface area contributed by atoms with E-state index in [0.29, 0.717) is 12.0 Å². The van der Waals surface area contributed by atoms with Gasteiger partial charge in [-0.2, -0.15) is 5.10 Å². The van der Waals surface area contributed by atoms with Gasteiger partial charge in [0.2, 0.25) is 0 Å². The molecule has 0 saturated carbocycles. The summed E-state index contributed by atoms with van der Waals surface area (Å²) in [5.74, 6) is 0.686. The fourth-order valence-corrected chi connectivity index (χ4v) is 2.84. The van der Waals surface area contributed by atoms with Gasteiger partial charge in [-0.1, -0.05) is 13.8 Å². The maximum atomic E-state index is 12.6. The minimum absolute atomic E-state index is 0.128. The molecule has 5 nitrogen and oxygen atoms in total. The Labute approximate surface area is 121 Å². The number of rotatable bonds is 4. The van der Waals surface area contributed by atoms with Crippen LogP contribution in [0.3, 0.4) is 0 Å². The van der Waals surface area contributed by atoms with Gasteiger partial charge >= 0.3 is 0 Å². The molecule has 1 amide bonds. The van der Waals surface area contributed by atoms with Crippen molar-refractivity contribution in [3.05, 3.63) is 17.0 Å². The van der Waals surface area contributed by atoms with E-state index in [4.69, 9.17) is 0 Å². The second kappa shape index (κ2) is 6.39. The van der Waals surface area contributed by atoms with Crippen molar-refractivity contribution < 1.29 is 4.79 Å². The minimum atomic E-state index is 0.128. The Morgan fingerprint density at radius 2 is 2.25 bits per heavy atom. The molecule has 20 heavy (non-hydrogen) atoms. The zero-order valence-electron chi connectivity index (χ0n) is 13.0. The van der Waals surface area contributed by atoms with E-state index in [1.165, 1.54) is 6.42 Å². The molecule has 0 bridgehead atoms. The summed E-state index contributed by atoms with van der Waals surface area (Å²) in [4.78, 5) is 14.6. The third kappa shape index (κ3) is 3.39. The summed E-state index contributed by atoms with van der Waals surface area (Å²) in [5.41, 5.74) is 2.42. The molecular weight excluding hydrogens is 252 g/mol. The lowest BCUT2D eigenvalue weighted by atomic mass is 9.97. The largest absolute Gasteiger partial charge is 0.338 e. The first-order valence-electron chi connectivity index (χ1n) is 7.53. The summed E-state index contributed by atoms with van der Waals surface area (Å²) in [6.45, 7) is 10.8. The number of piperidine rings is 1. The van der Waals surface area contributed by atoms with E-state index in [9.17, 15) is 4.79 Å². The van der Waals surface area contributed by atoms with Gasteiger partial charge in [0.25, 0.3) is 5.91 Å². The molecule has 1 fully saturated rings. The van der Waals surface area contributed by atoms with Gasteiger partial charge < -0.3 is 10.2 Å². The summed E-state index contributed by atoms with van der Waals surface area (Å²) >= 11 is 0. The van der Waals surface area contributed by atoms with Crippen LogP contribution >= 0.6 is 0 Å². The molecule has 1 saturated heterocycles. The predicted octanol–water partition coefficient (Wildman–Crippen LogP) is 1.88. The summed E-state index contributed by atoms with van der Waals surface area (Å²) in [6, 6.07) is 0.499. The molecule has 0 radical (unpaired) electrons. The molecule has 1 atom stereocenters. The van der Waals surface area contributed by atoms with Crippen LogP contribution in [0.2, 0.25) is 0 Å². The van der Waals surface area contributed by atoms with E-state index in [0.717, 1.165) is 43.0 Å². The van der Waals surface area contributed by atoms with Gasteiger partial charge in [0.05, 0.1) is 11.3 Å². The maximum Gasteiger partial charge on any atom is 0.257 e. The number of hydrogen-bond donors (Lipinski definition) is 2. The second-order valence-corrected chi connectivity index (χ2v) is 6.13. The minimum Gasteiger partial charge on any atom is -0.338 e. The molecule has 2 heterocycles. The van der Waals surface area contributed by atoms with Crippen molar-refractivity contribution in [2.24, 2.45) is 5.92 Å². The first-order valence-corrected chi connectivity index (χ1v) is 7.53. The Morgan fingerprint density at radius 1 is 1.50 bits per heavy atom. The molecule has 2 rings (SSSR count). The molecule has 1 aromatic rings. The van der Waals surface area contributed by atoms with Crippen LogP contribution in [0.1, 0.15) is 48.4 Å². The molecule has 1 unspecified atom stereocenters. The highest BCUT2D eigenvalue weighted by atomic mass is 16.2. The van der Waals surface area contributed by atoms with Crippen molar-refractivity contribution in [2.75, 3.05) is 19.6 Å². The molecule has 1 aliphatic heterocycles. The first-order chi connectivity index (χ1) is 9.49. The summed E-state index contributed by atoms with van der Waals surface area (Å²) in [6.07, 6.45) is 2.29. The lowest BCUT2D eigenvalue weighted by molar-refractivity contribution is 0.0671. The summed E-state index contributed by atoms with van der Waals surface area (Å²) in [5, 5.41) is 10.5. The van der Waals surface area contributed by atoms with Crippen LogP contribution in [0.25, 0.3) is 0 Å². The predicted molar refractivity (Wildman–Crippen MR) is 79.8 cm³/mol. The Bertz CT molecular complexity index is 447. The fourth-order valence-electron chi connectivity index (χ4n) is 2.84. The SMILES string of the molecule is Cc1n[nH]c(C)c1C(=O)N1CCCC(CNC(C)C)C1. The van der Waals surface area contributed by atoms with Crippen LogP contribution in [0, 0.1) is 19.8 Å². The van der Waals surface area contributed by atoms with E-state index in [-0.39, 0.29) is 5.91 Å². The highest BCUT2D eigenvalue weighted by Crippen LogP contribution is 2.20. The molecule has 0 aromatic carbocycles. The first kappa shape index (κ1) is 15.0. The number of H-pyrrole nitrogens is 1. The van der Waals surface area contributed by atoms with Crippen molar-refractivity contribution in [1.82, 2.24) is 20.4 Å². The third-order valence-electron chi connectivity index (χ3n) is 3.96. The Balaban J connectivity index is 2.00. The van der Waals surface area contributed by atoms with Crippen molar-refractivity contribution in [2.45, 2.75) is 46.6 Å². The number of aromatic amines is 1. The van der Waals surface area contributed by atoms with Gasteiger partial charge in [-0.05, 0) is 39.2 Å². The standard InChI is InChI=1S/C15H26N4O/c1-10(2)16-8-13-6-5-7-19(9-13)15(20)14-11(3)17-18-12(14)4/h10,13,16H,5-9H2,1-4H3,(H,17,18). The Hall–Kier alpha value is -1.36. The molecule has 0 aliphatic carbocycles. The number of nitrogens with zero attached hydrogens (tertiary/aromatic N) is 2. The molecular formula is C15H26N4O. The zero-order chi connectivity index (χ0) is 14.7. The number of hydrogen-bond acceptors (Lipinski definition) is 3. The second-order valence-electron chi connectivity index (χ2n) is 6.13. The van der Waals surface area contributed by atoms with Crippen molar-refractivity contribution >= 4 is 5.91 Å². The normalized spacial score (nSPS) is 19.6. The van der Waals surface area contributed by atoms with Crippen molar-refractivity contribution in [3.8, 4) is 0 Å². The highest BCUT2D eigenvalue weighted by Gasteiger charge is 2.27. The molecule has 5 heteroatoms. The molecule has 1 aliphatic rings. The van der Waals surface area contributed by atoms with Crippen molar-refractivity contribution in [3.63, 3.8) is 0 Å². The number of aryl methyl sites for hydroxylation is 2. The third-order valence-corrected chi connectivity index (χ3v) is 3.96. The van der Waals surface area contributed by atoms with Crippen LogP contribution in [0.5, 0.6) is 0 Å². The van der Waals surface area contributed by atoms with E-state index >= 15 is 0 Å². The van der Waals surface area contributed by atoms with Crippen LogP contribution in [0.4, 0.5) is 0 Å². The number of aromatic nitrogens is 2. The number of amides is 1. The van der Waals surface area contributed by atoms with Gasteiger partial charge in [-0.3, -0.25) is 9.89 Å². The van der Waals surface area contributed by atoms with Gasteiger partial charge in [0.15, 0.2) is 0 Å². The van der Waals surface area contributed by atoms with Crippen LogP contribution in [-0.2, 0) is 0 Å². The van der Waals surface area contributed by atoms with Crippen LogP contribution in [-0.4, -0.2) is 46.7 Å². The van der Waals surface area contributed by atoms with E-state index in [1.54, 1.807) is 0 Å². The Kier molecular flexibility index (Phi) is 4.81. The fraction of sp³-hybridized carbons (Fsp3) is 0.733. The van der Waals surface area contributed by atoms with Gasteiger partial charge in [0.1, 0.15) is 0 Å². The quantitative estimate of drug-likeness (QED) is 0.884. The van der Waals surface area contributed by atoms with Crippen LogP contribution < -0.4 is 5.32 Å². The van der Waals surface area contributed by atoms with Crippen molar-refractivity contribution in [1.29, 1.82) is 0 Å². The number of likely N-dealkylation sites (tertiary alicyclic amines) is 1. The average molecular weight is 278 g/mol. The molecule has 0 spiro atoms. The Morgan fingerprint density at radius 3 is 2.85 bits per heavy atom. The van der Waals surface area contributed by atoms with E-state index < -0.39 is 0 Å². The summed E-state index contributed by atoms with van der Waals surface area (Å²) in [7, 11) is 0. The monoisotopic (exact) mass is 278 g/mol. The number of nitrogens with one attached hydrogen (secondary N) is 2. The lowest BCUT2D eigenvalue weighted by Crippen LogP contribution is -2.44. The topological polar surface area (TPSA) is 61.0 Å². The zero-order valence-corrected chi connectivity index (χ0v) is 13.0. The highest BCUT2D eigenvalue weighted by molar-refractivity contribution is 5.96. The van der Waals surface area contributed by atoms with E-state index in [1.807, 2.05) is 18.7 Å². The smallest absolute Gasteiger partial charge is 0.257 e. The van der Waals surface area contributed by atoms with Gasteiger partial charge in [-0.15, -0.1) is 0 Å². The average Bonchev–Trinajstić information content (AvgIpc) is 2.75.